The van der Waals surface area contributed by atoms with Gasteiger partial charge in [0.25, 0.3) is 0 Å². The molecule has 2 aromatic carbocycles. The second kappa shape index (κ2) is 6.89. The quantitative estimate of drug-likeness (QED) is 0.928. The van der Waals surface area contributed by atoms with Crippen LogP contribution in [0.15, 0.2) is 54.6 Å². The monoisotopic (exact) mass is 336 g/mol. The van der Waals surface area contributed by atoms with E-state index in [1.54, 1.807) is 0 Å². The van der Waals surface area contributed by atoms with E-state index < -0.39 is 0 Å². The van der Waals surface area contributed by atoms with Gasteiger partial charge >= 0.3 is 0 Å². The number of piperidine rings is 1. The summed E-state index contributed by atoms with van der Waals surface area (Å²) < 4.78 is 5.83. The number of carbonyl (C=O) groups is 1. The average molecular weight is 336 g/mol. The fourth-order valence-electron chi connectivity index (χ4n) is 3.92. The van der Waals surface area contributed by atoms with Gasteiger partial charge in [-0.05, 0) is 55.6 Å². The van der Waals surface area contributed by atoms with Gasteiger partial charge in [-0.25, -0.2) is 0 Å². The number of ether oxygens (including phenoxy) is 1. The van der Waals surface area contributed by atoms with Gasteiger partial charge in [-0.3, -0.25) is 4.79 Å². The number of hydrogen-bond donors (Lipinski definition) is 1. The first-order valence-electron chi connectivity index (χ1n) is 9.07. The molecule has 2 aromatic rings. The van der Waals surface area contributed by atoms with Crippen LogP contribution in [0.3, 0.4) is 0 Å². The van der Waals surface area contributed by atoms with E-state index in [2.05, 4.69) is 17.4 Å². The Bertz CT molecular complexity index is 721. The average Bonchev–Trinajstić information content (AvgIpc) is 2.94. The molecule has 0 saturated carbocycles. The molecule has 1 atom stereocenters. The number of nitrogens with zero attached hydrogens (tertiary/aromatic N) is 1. The molecule has 1 N–H and O–H groups in total. The van der Waals surface area contributed by atoms with E-state index in [-0.39, 0.29) is 5.41 Å². The Morgan fingerprint density at radius 2 is 1.76 bits per heavy atom. The van der Waals surface area contributed by atoms with Crippen LogP contribution >= 0.6 is 0 Å². The maximum Gasteiger partial charge on any atom is 0.230 e. The zero-order valence-corrected chi connectivity index (χ0v) is 14.4. The summed E-state index contributed by atoms with van der Waals surface area (Å²) in [6.45, 7) is 3.43. The molecule has 2 saturated heterocycles. The smallest absolute Gasteiger partial charge is 0.230 e. The Balaban J connectivity index is 1.39. The zero-order chi connectivity index (χ0) is 17.1. The van der Waals surface area contributed by atoms with Gasteiger partial charge in [0.1, 0.15) is 11.5 Å². The molecule has 1 amide bonds. The van der Waals surface area contributed by atoms with Crippen molar-refractivity contribution in [2.75, 3.05) is 19.6 Å². The summed E-state index contributed by atoms with van der Waals surface area (Å²) in [6, 6.07) is 17.8. The molecular formula is C21H24N2O2. The lowest BCUT2D eigenvalue weighted by Gasteiger charge is -2.32. The number of hydrogen-bond acceptors (Lipinski definition) is 3. The Kier molecular flexibility index (Phi) is 4.45. The lowest BCUT2D eigenvalue weighted by Crippen LogP contribution is -2.45. The molecule has 25 heavy (non-hydrogen) atoms. The highest BCUT2D eigenvalue weighted by atomic mass is 16.5. The Hall–Kier alpha value is -2.33. The van der Waals surface area contributed by atoms with Crippen molar-refractivity contribution in [3.63, 3.8) is 0 Å². The molecule has 0 aromatic heterocycles. The van der Waals surface area contributed by atoms with E-state index in [4.69, 9.17) is 4.74 Å². The second-order valence-electron chi connectivity index (χ2n) is 7.10. The summed E-state index contributed by atoms with van der Waals surface area (Å²) in [5, 5.41) is 3.40. The minimum Gasteiger partial charge on any atom is -0.457 e. The summed E-state index contributed by atoms with van der Waals surface area (Å²) in [6.07, 6.45) is 3.11. The number of likely N-dealkylation sites (tertiary alicyclic amines) is 1. The first-order chi connectivity index (χ1) is 12.3. The van der Waals surface area contributed by atoms with E-state index in [0.29, 0.717) is 12.5 Å². The van der Waals surface area contributed by atoms with Gasteiger partial charge in [-0.1, -0.05) is 30.3 Å². The number of amides is 1. The fourth-order valence-corrected chi connectivity index (χ4v) is 3.92. The van der Waals surface area contributed by atoms with Crippen molar-refractivity contribution >= 4 is 5.91 Å². The zero-order valence-electron chi connectivity index (χ0n) is 14.4. The van der Waals surface area contributed by atoms with Crippen LogP contribution in [0.2, 0.25) is 0 Å². The number of nitrogens with one attached hydrogen (secondary N) is 1. The maximum atomic E-state index is 12.9. The molecule has 2 fully saturated rings. The summed E-state index contributed by atoms with van der Waals surface area (Å²) in [5.74, 6) is 1.97. The van der Waals surface area contributed by atoms with Crippen LogP contribution < -0.4 is 10.1 Å². The molecule has 2 aliphatic heterocycles. The molecule has 2 heterocycles. The standard InChI is InChI=1S/C21H24N2O2/c24-20-21(11-4-13-22-16-21)12-14-23(20)15-17-7-9-19(10-8-17)25-18-5-2-1-3-6-18/h1-3,5-10,22H,4,11-16H2/t21-/m0/s1. The van der Waals surface area contributed by atoms with Crippen molar-refractivity contribution in [3.05, 3.63) is 60.2 Å². The molecule has 1 spiro atoms. The highest BCUT2D eigenvalue weighted by Gasteiger charge is 2.46. The van der Waals surface area contributed by atoms with Crippen molar-refractivity contribution in [3.8, 4) is 11.5 Å². The minimum atomic E-state index is -0.144. The largest absolute Gasteiger partial charge is 0.457 e. The van der Waals surface area contributed by atoms with Crippen LogP contribution in [0.4, 0.5) is 0 Å². The maximum absolute atomic E-state index is 12.9. The third-order valence-corrected chi connectivity index (χ3v) is 5.35. The highest BCUT2D eigenvalue weighted by molar-refractivity contribution is 5.85. The molecule has 4 heteroatoms. The van der Waals surface area contributed by atoms with E-state index in [1.807, 2.05) is 47.4 Å². The summed E-state index contributed by atoms with van der Waals surface area (Å²) in [7, 11) is 0. The Morgan fingerprint density at radius 1 is 1.00 bits per heavy atom. The normalized spacial score (nSPS) is 23.2. The molecule has 4 nitrogen and oxygen atoms in total. The van der Waals surface area contributed by atoms with Crippen LogP contribution in [-0.2, 0) is 11.3 Å². The van der Waals surface area contributed by atoms with Crippen LogP contribution in [0.1, 0.15) is 24.8 Å². The van der Waals surface area contributed by atoms with Crippen LogP contribution in [0.25, 0.3) is 0 Å². The molecule has 2 aliphatic rings. The van der Waals surface area contributed by atoms with E-state index in [9.17, 15) is 4.79 Å². The molecule has 0 aliphatic carbocycles. The highest BCUT2D eigenvalue weighted by Crippen LogP contribution is 2.38. The minimum absolute atomic E-state index is 0.144. The van der Waals surface area contributed by atoms with Crippen LogP contribution in [0.5, 0.6) is 11.5 Å². The van der Waals surface area contributed by atoms with Crippen molar-refractivity contribution in [2.24, 2.45) is 5.41 Å². The van der Waals surface area contributed by atoms with Crippen LogP contribution in [0, 0.1) is 5.41 Å². The van der Waals surface area contributed by atoms with E-state index >= 15 is 0 Å². The van der Waals surface area contributed by atoms with Gasteiger partial charge in [-0.15, -0.1) is 0 Å². The molecular weight excluding hydrogens is 312 g/mol. The first-order valence-corrected chi connectivity index (χ1v) is 9.07. The number of benzene rings is 2. The molecule has 0 unspecified atom stereocenters. The Morgan fingerprint density at radius 3 is 2.48 bits per heavy atom. The fraction of sp³-hybridized carbons (Fsp3) is 0.381. The van der Waals surface area contributed by atoms with E-state index in [0.717, 1.165) is 56.0 Å². The van der Waals surface area contributed by atoms with Gasteiger partial charge in [0.15, 0.2) is 0 Å². The molecule has 0 radical (unpaired) electrons. The predicted octanol–water partition coefficient (Wildman–Crippen LogP) is 3.58. The van der Waals surface area contributed by atoms with E-state index in [1.165, 1.54) is 0 Å². The van der Waals surface area contributed by atoms with Gasteiger partial charge in [0.05, 0.1) is 5.41 Å². The lowest BCUT2D eigenvalue weighted by molar-refractivity contribution is -0.137. The topological polar surface area (TPSA) is 41.6 Å². The van der Waals surface area contributed by atoms with Crippen molar-refractivity contribution in [2.45, 2.75) is 25.8 Å². The molecule has 0 bridgehead atoms. The predicted molar refractivity (Wildman–Crippen MR) is 97.5 cm³/mol. The third kappa shape index (κ3) is 3.40. The Labute approximate surface area is 148 Å². The molecule has 130 valence electrons. The van der Waals surface area contributed by atoms with Crippen molar-refractivity contribution in [1.82, 2.24) is 10.2 Å². The van der Waals surface area contributed by atoms with Crippen molar-refractivity contribution < 1.29 is 9.53 Å². The lowest BCUT2D eigenvalue weighted by atomic mass is 9.79. The second-order valence-corrected chi connectivity index (χ2v) is 7.10. The van der Waals surface area contributed by atoms with Gasteiger partial charge in [0, 0.05) is 19.6 Å². The number of para-hydroxylation sites is 1. The SMILES string of the molecule is O=C1N(Cc2ccc(Oc3ccccc3)cc2)CC[C@]12CCCNC2. The summed E-state index contributed by atoms with van der Waals surface area (Å²) in [5.41, 5.74) is 1.00. The molecule has 4 rings (SSSR count). The van der Waals surface area contributed by atoms with Gasteiger partial charge in [0.2, 0.25) is 5.91 Å². The van der Waals surface area contributed by atoms with Crippen molar-refractivity contribution in [1.29, 1.82) is 0 Å². The van der Waals surface area contributed by atoms with Gasteiger partial charge < -0.3 is 15.0 Å². The third-order valence-electron chi connectivity index (χ3n) is 5.35. The summed E-state index contributed by atoms with van der Waals surface area (Å²) in [4.78, 5) is 14.9. The summed E-state index contributed by atoms with van der Waals surface area (Å²) >= 11 is 0. The number of carbonyl (C=O) groups excluding carboxylic acids is 1. The first kappa shape index (κ1) is 16.2. The van der Waals surface area contributed by atoms with Crippen LogP contribution in [-0.4, -0.2) is 30.4 Å². The van der Waals surface area contributed by atoms with Gasteiger partial charge in [-0.2, -0.15) is 0 Å². The number of rotatable bonds is 4.